The van der Waals surface area contributed by atoms with Gasteiger partial charge in [0.25, 0.3) is 11.6 Å². The fourth-order valence-corrected chi connectivity index (χ4v) is 2.31. The minimum Gasteiger partial charge on any atom is -0.494 e. The largest absolute Gasteiger partial charge is 0.494 e. The lowest BCUT2D eigenvalue weighted by Crippen LogP contribution is -2.30. The van der Waals surface area contributed by atoms with Crippen molar-refractivity contribution >= 4 is 34.8 Å². The average molecular weight is 401 g/mol. The van der Waals surface area contributed by atoms with E-state index in [0.717, 1.165) is 0 Å². The minimum absolute atomic E-state index is 0.0969. The highest BCUT2D eigenvalue weighted by atomic mass is 16.6. The van der Waals surface area contributed by atoms with Crippen LogP contribution in [0.2, 0.25) is 0 Å². The van der Waals surface area contributed by atoms with E-state index in [1.807, 2.05) is 0 Å². The molecule has 0 aromatic heterocycles. The maximum absolute atomic E-state index is 12.3. The molecule has 0 heterocycles. The Labute approximate surface area is 166 Å². The Kier molecular flexibility index (Phi) is 6.85. The molecule has 0 bridgehead atoms. The number of nitrogens with one attached hydrogen (secondary N) is 2. The Morgan fingerprint density at radius 2 is 1.72 bits per heavy atom. The number of hydrogen-bond donors (Lipinski definition) is 2. The summed E-state index contributed by atoms with van der Waals surface area (Å²) in [6.07, 6.45) is -1.14. The number of anilines is 2. The molecule has 0 aliphatic carbocycles. The van der Waals surface area contributed by atoms with E-state index in [1.165, 1.54) is 63.4 Å². The topological polar surface area (TPSA) is 137 Å². The standard InChI is InChI=1S/C19H19N3O7/c1-11(29-19(25)13-4-6-14(7-5-13)20-12(2)23)18(24)21-16-9-8-15(22(26)27)10-17(16)28-3/h4-11H,1-3H3,(H,20,23)(H,21,24)/t11-/m1/s1. The number of carbonyl (C=O) groups excluding carboxylic acids is 3. The molecule has 0 aliphatic heterocycles. The number of carbonyl (C=O) groups is 3. The first kappa shape index (κ1) is 21.4. The molecule has 29 heavy (non-hydrogen) atoms. The number of benzene rings is 2. The number of nitrogens with zero attached hydrogens (tertiary/aromatic N) is 1. The highest BCUT2D eigenvalue weighted by Crippen LogP contribution is 2.29. The molecule has 0 saturated heterocycles. The van der Waals surface area contributed by atoms with Crippen LogP contribution in [0.25, 0.3) is 0 Å². The maximum Gasteiger partial charge on any atom is 0.338 e. The molecule has 0 spiro atoms. The maximum atomic E-state index is 12.3. The number of hydrogen-bond acceptors (Lipinski definition) is 7. The normalized spacial score (nSPS) is 11.1. The van der Waals surface area contributed by atoms with Crippen molar-refractivity contribution in [2.45, 2.75) is 20.0 Å². The smallest absolute Gasteiger partial charge is 0.338 e. The Hall–Kier alpha value is -3.95. The van der Waals surface area contributed by atoms with Crippen molar-refractivity contribution in [2.24, 2.45) is 0 Å². The first-order valence-electron chi connectivity index (χ1n) is 8.43. The van der Waals surface area contributed by atoms with Gasteiger partial charge in [-0.3, -0.25) is 19.7 Å². The van der Waals surface area contributed by atoms with Crippen LogP contribution in [0.1, 0.15) is 24.2 Å². The van der Waals surface area contributed by atoms with Crippen LogP contribution in [0.4, 0.5) is 17.1 Å². The van der Waals surface area contributed by atoms with E-state index in [4.69, 9.17) is 9.47 Å². The predicted octanol–water partition coefficient (Wildman–Crippen LogP) is 2.75. The van der Waals surface area contributed by atoms with E-state index >= 15 is 0 Å². The average Bonchev–Trinajstić information content (AvgIpc) is 2.67. The van der Waals surface area contributed by atoms with Gasteiger partial charge >= 0.3 is 5.97 Å². The first-order valence-corrected chi connectivity index (χ1v) is 8.43. The molecule has 10 heteroatoms. The molecule has 2 rings (SSSR count). The van der Waals surface area contributed by atoms with Gasteiger partial charge in [-0.05, 0) is 37.3 Å². The molecule has 0 aliphatic rings. The summed E-state index contributed by atoms with van der Waals surface area (Å²) in [5.41, 5.74) is 0.726. The summed E-state index contributed by atoms with van der Waals surface area (Å²) in [5, 5.41) is 15.9. The van der Waals surface area contributed by atoms with Gasteiger partial charge in [-0.2, -0.15) is 0 Å². The first-order chi connectivity index (χ1) is 13.7. The van der Waals surface area contributed by atoms with Crippen molar-refractivity contribution < 1.29 is 28.8 Å². The zero-order chi connectivity index (χ0) is 21.6. The third-order valence-corrected chi connectivity index (χ3v) is 3.75. The number of nitro benzene ring substituents is 1. The summed E-state index contributed by atoms with van der Waals surface area (Å²) in [4.78, 5) is 45.8. The molecule has 0 unspecified atom stereocenters. The van der Waals surface area contributed by atoms with E-state index in [-0.39, 0.29) is 28.6 Å². The summed E-state index contributed by atoms with van der Waals surface area (Å²) in [6.45, 7) is 2.75. The Morgan fingerprint density at radius 1 is 1.07 bits per heavy atom. The monoisotopic (exact) mass is 401 g/mol. The van der Waals surface area contributed by atoms with Crippen molar-refractivity contribution in [3.63, 3.8) is 0 Å². The van der Waals surface area contributed by atoms with Crippen molar-refractivity contribution in [1.29, 1.82) is 0 Å². The highest BCUT2D eigenvalue weighted by molar-refractivity contribution is 5.98. The second-order valence-electron chi connectivity index (χ2n) is 5.94. The van der Waals surface area contributed by atoms with Gasteiger partial charge in [0.2, 0.25) is 5.91 Å². The minimum atomic E-state index is -1.14. The van der Waals surface area contributed by atoms with Gasteiger partial charge in [-0.1, -0.05) is 0 Å². The molecule has 2 amide bonds. The van der Waals surface area contributed by atoms with Gasteiger partial charge in [-0.15, -0.1) is 0 Å². The fraction of sp³-hybridized carbons (Fsp3) is 0.211. The van der Waals surface area contributed by atoms with Crippen molar-refractivity contribution in [2.75, 3.05) is 17.7 Å². The number of ether oxygens (including phenoxy) is 2. The molecule has 0 saturated carbocycles. The van der Waals surface area contributed by atoms with Gasteiger partial charge in [-0.25, -0.2) is 4.79 Å². The van der Waals surface area contributed by atoms with E-state index < -0.39 is 22.9 Å². The van der Waals surface area contributed by atoms with Crippen LogP contribution < -0.4 is 15.4 Å². The van der Waals surface area contributed by atoms with Crippen LogP contribution in [0.3, 0.4) is 0 Å². The number of amides is 2. The van der Waals surface area contributed by atoms with E-state index in [2.05, 4.69) is 10.6 Å². The lowest BCUT2D eigenvalue weighted by atomic mass is 10.2. The summed E-state index contributed by atoms with van der Waals surface area (Å²) >= 11 is 0. The third kappa shape index (κ3) is 5.76. The van der Waals surface area contributed by atoms with Gasteiger partial charge in [0, 0.05) is 18.7 Å². The van der Waals surface area contributed by atoms with Crippen molar-refractivity contribution in [3.05, 3.63) is 58.1 Å². The van der Waals surface area contributed by atoms with Gasteiger partial charge in [0.15, 0.2) is 6.10 Å². The van der Waals surface area contributed by atoms with E-state index in [9.17, 15) is 24.5 Å². The molecule has 2 aromatic rings. The fourth-order valence-electron chi connectivity index (χ4n) is 2.31. The van der Waals surface area contributed by atoms with E-state index in [1.54, 1.807) is 0 Å². The molecular formula is C19H19N3O7. The lowest BCUT2D eigenvalue weighted by molar-refractivity contribution is -0.384. The Bertz CT molecular complexity index is 941. The molecule has 2 aromatic carbocycles. The SMILES string of the molecule is COc1cc([N+](=O)[O-])ccc1NC(=O)[C@@H](C)OC(=O)c1ccc(NC(C)=O)cc1. The molecule has 2 N–H and O–H groups in total. The van der Waals surface area contributed by atoms with Gasteiger partial charge in [0.1, 0.15) is 5.75 Å². The van der Waals surface area contributed by atoms with Crippen LogP contribution in [-0.2, 0) is 14.3 Å². The highest BCUT2D eigenvalue weighted by Gasteiger charge is 2.21. The number of methoxy groups -OCH3 is 1. The van der Waals surface area contributed by atoms with Crippen LogP contribution in [-0.4, -0.2) is 35.9 Å². The predicted molar refractivity (Wildman–Crippen MR) is 104 cm³/mol. The number of nitro groups is 1. The third-order valence-electron chi connectivity index (χ3n) is 3.75. The summed E-state index contributed by atoms with van der Waals surface area (Å²) in [7, 11) is 1.31. The number of non-ortho nitro benzene ring substituents is 1. The summed E-state index contributed by atoms with van der Waals surface area (Å²) < 4.78 is 10.2. The summed E-state index contributed by atoms with van der Waals surface area (Å²) in [5.74, 6) is -1.51. The van der Waals surface area contributed by atoms with Gasteiger partial charge < -0.3 is 20.1 Å². The quantitative estimate of drug-likeness (QED) is 0.413. The second kappa shape index (κ2) is 9.31. The summed E-state index contributed by atoms with van der Waals surface area (Å²) in [6, 6.07) is 9.68. The Morgan fingerprint density at radius 3 is 2.28 bits per heavy atom. The second-order valence-corrected chi connectivity index (χ2v) is 5.94. The van der Waals surface area contributed by atoms with Crippen LogP contribution in [0.5, 0.6) is 5.75 Å². The zero-order valence-electron chi connectivity index (χ0n) is 15.9. The van der Waals surface area contributed by atoms with Crippen LogP contribution in [0, 0.1) is 10.1 Å². The van der Waals surface area contributed by atoms with Crippen LogP contribution >= 0.6 is 0 Å². The molecule has 0 fully saturated rings. The number of esters is 1. The molecule has 10 nitrogen and oxygen atoms in total. The van der Waals surface area contributed by atoms with Gasteiger partial charge in [0.05, 0.1) is 29.4 Å². The zero-order valence-corrected chi connectivity index (χ0v) is 15.9. The number of rotatable bonds is 7. The molecule has 1 atom stereocenters. The molecular weight excluding hydrogens is 382 g/mol. The Balaban J connectivity index is 2.02. The van der Waals surface area contributed by atoms with Crippen molar-refractivity contribution in [3.8, 4) is 5.75 Å². The van der Waals surface area contributed by atoms with Crippen LogP contribution in [0.15, 0.2) is 42.5 Å². The lowest BCUT2D eigenvalue weighted by Gasteiger charge is -2.15. The molecule has 152 valence electrons. The molecule has 0 radical (unpaired) electrons. The van der Waals surface area contributed by atoms with Crippen molar-refractivity contribution in [1.82, 2.24) is 0 Å². The van der Waals surface area contributed by atoms with E-state index in [0.29, 0.717) is 5.69 Å².